The normalized spacial score (nSPS) is 12.3. The van der Waals surface area contributed by atoms with E-state index in [0.717, 1.165) is 79.4 Å². The van der Waals surface area contributed by atoms with Crippen LogP contribution in [-0.2, 0) is 10.8 Å². The van der Waals surface area contributed by atoms with Crippen LogP contribution in [0, 0.1) is 0 Å². The van der Waals surface area contributed by atoms with E-state index in [9.17, 15) is 0 Å². The third kappa shape index (κ3) is 16.1. The quantitative estimate of drug-likeness (QED) is 0.0754. The molecule has 0 atom stereocenters. The Labute approximate surface area is 764 Å². The minimum absolute atomic E-state index is 0.106. The van der Waals surface area contributed by atoms with Crippen molar-refractivity contribution in [3.8, 4) is 111 Å². The molecule has 2 aliphatic rings. The third-order valence-electron chi connectivity index (χ3n) is 26.2. The minimum Gasteiger partial charge on any atom is -0.311 e. The topological polar surface area (TPSA) is 13.0 Å². The predicted molar refractivity (Wildman–Crippen MR) is 550 cm³/mol. The van der Waals surface area contributed by atoms with Gasteiger partial charge in [0.15, 0.2) is 0 Å². The molecule has 0 bridgehead atoms. The van der Waals surface area contributed by atoms with E-state index in [1.165, 1.54) is 122 Å². The molecule has 20 aromatic carbocycles. The molecule has 0 saturated carbocycles. The smallest absolute Gasteiger partial charge is 0.0465 e. The Kier molecular flexibility index (Phi) is 21.8. The first-order chi connectivity index (χ1) is 63.9. The Morgan fingerprint density at radius 3 is 0.462 bits per heavy atom. The van der Waals surface area contributed by atoms with Crippen LogP contribution in [0.15, 0.2) is 510 Å². The van der Waals surface area contributed by atoms with Crippen molar-refractivity contribution in [3.05, 3.63) is 532 Å². The molecular formula is C126H96N4. The van der Waals surface area contributed by atoms with Gasteiger partial charge in [-0.2, -0.15) is 0 Å². The first-order valence-electron chi connectivity index (χ1n) is 45.0. The van der Waals surface area contributed by atoms with E-state index >= 15 is 0 Å². The van der Waals surface area contributed by atoms with Gasteiger partial charge in [0.05, 0.1) is 0 Å². The highest BCUT2D eigenvalue weighted by atomic mass is 15.2. The van der Waals surface area contributed by atoms with Crippen molar-refractivity contribution in [1.29, 1.82) is 0 Å². The van der Waals surface area contributed by atoms with Crippen LogP contribution in [0.25, 0.3) is 111 Å². The second-order valence-corrected chi connectivity index (χ2v) is 34.8. The molecular weight excluding hydrogens is 1570 g/mol. The Bertz CT molecular complexity index is 6870. The van der Waals surface area contributed by atoms with Gasteiger partial charge in [-0.25, -0.2) is 0 Å². The van der Waals surface area contributed by atoms with Gasteiger partial charge in [0.2, 0.25) is 0 Å². The lowest BCUT2D eigenvalue weighted by Crippen LogP contribution is -2.16. The summed E-state index contributed by atoms with van der Waals surface area (Å²) < 4.78 is 0. The Morgan fingerprint density at radius 1 is 0.115 bits per heavy atom. The van der Waals surface area contributed by atoms with Gasteiger partial charge in [0.1, 0.15) is 0 Å². The fourth-order valence-corrected chi connectivity index (χ4v) is 19.3. The molecule has 0 aromatic heterocycles. The number of fused-ring (bicyclic) bond motifs is 6. The lowest BCUT2D eigenvalue weighted by atomic mass is 9.82. The molecule has 0 fully saturated rings. The SMILES string of the molecule is CC1(C)c2ccccc2-c2ccc(N(c3ccc(-c4ccccc4)cc3)c3ccc(-c4ccc(N(c5ccc(-c6ccccc6)cc5)c5ccc6c(c5)C(C)(C)c5ccccc5-6)cc4)cc3)cc21.c1ccc(-c2ccc(-c3ccc(N(c4ccccc4)c4ccc(-c5ccc(N(c6ccccc6)c6ccc(-c7ccc(-c8ccccc8)cc7)cc6)cc5)cc4)cc3)cc2)cc1. The molecule has 0 spiro atoms. The predicted octanol–water partition coefficient (Wildman–Crippen LogP) is 35.2. The van der Waals surface area contributed by atoms with Crippen molar-refractivity contribution in [2.75, 3.05) is 19.6 Å². The highest BCUT2D eigenvalue weighted by Gasteiger charge is 2.38. The average molecular weight is 1670 g/mol. The Morgan fingerprint density at radius 2 is 0.254 bits per heavy atom. The fourth-order valence-electron chi connectivity index (χ4n) is 19.3. The second-order valence-electron chi connectivity index (χ2n) is 34.8. The molecule has 0 amide bonds. The second kappa shape index (κ2) is 35.2. The first-order valence-corrected chi connectivity index (χ1v) is 45.0. The molecule has 2 aliphatic carbocycles. The standard InChI is InChI=1S/C66H52N2.C60H44N2/c1-65(2)61-21-13-11-19-57(61)59-41-39-55(43-63(59)65)67(51-31-23-47(24-32-51)45-15-7-5-8-16-45)53-35-27-49(28-36-53)50-29-37-54(38-30-50)68(52-33-25-48(26-34-52)46-17-9-6-10-18-46)56-40-42-60-58-20-12-14-22-62(58)66(3,4)64(60)44-56;1-5-13-45(14-6-1)47-21-25-49(26-22-47)51-29-37-57(38-30-51)61(55-17-9-3-10-18-55)59-41-33-53(34-42-59)54-35-43-60(44-36-54)62(56-19-11-4-12-20-56)58-39-31-52(32-40-58)50-27-23-48(24-28-50)46-15-7-2-8-16-46/h5-44H,1-4H3;1-44H. The maximum Gasteiger partial charge on any atom is 0.0465 e. The molecule has 620 valence electrons. The van der Waals surface area contributed by atoms with Crippen molar-refractivity contribution >= 4 is 68.2 Å². The van der Waals surface area contributed by atoms with Crippen molar-refractivity contribution in [3.63, 3.8) is 0 Å². The Hall–Kier alpha value is -16.4. The zero-order chi connectivity index (χ0) is 87.5. The fraction of sp³-hybridized carbons (Fsp3) is 0.0476. The number of anilines is 12. The summed E-state index contributed by atoms with van der Waals surface area (Å²) in [5.41, 5.74) is 43.1. The molecule has 0 N–H and O–H groups in total. The summed E-state index contributed by atoms with van der Waals surface area (Å²) in [5, 5.41) is 0. The van der Waals surface area contributed by atoms with Crippen LogP contribution >= 0.6 is 0 Å². The van der Waals surface area contributed by atoms with Gasteiger partial charge in [0, 0.05) is 79.1 Å². The first kappa shape index (κ1) is 80.7. The average Bonchev–Trinajstić information content (AvgIpc) is 1.58. The van der Waals surface area contributed by atoms with Crippen molar-refractivity contribution in [2.45, 2.75) is 38.5 Å². The monoisotopic (exact) mass is 1660 g/mol. The van der Waals surface area contributed by atoms with Crippen molar-refractivity contribution in [2.24, 2.45) is 0 Å². The van der Waals surface area contributed by atoms with Crippen LogP contribution in [0.4, 0.5) is 68.2 Å². The molecule has 20 aromatic rings. The summed E-state index contributed by atoms with van der Waals surface area (Å²) >= 11 is 0. The molecule has 0 radical (unpaired) electrons. The highest BCUT2D eigenvalue weighted by Crippen LogP contribution is 2.54. The van der Waals surface area contributed by atoms with Crippen LogP contribution < -0.4 is 19.6 Å². The van der Waals surface area contributed by atoms with Gasteiger partial charge >= 0.3 is 0 Å². The molecule has 0 aliphatic heterocycles. The van der Waals surface area contributed by atoms with E-state index in [2.05, 4.69) is 557 Å². The summed E-state index contributed by atoms with van der Waals surface area (Å²) in [4.78, 5) is 9.44. The molecule has 4 nitrogen and oxygen atoms in total. The molecule has 130 heavy (non-hydrogen) atoms. The van der Waals surface area contributed by atoms with Gasteiger partial charge in [0.25, 0.3) is 0 Å². The maximum absolute atomic E-state index is 2.41. The summed E-state index contributed by atoms with van der Waals surface area (Å²) in [6, 6.07) is 185. The number of para-hydroxylation sites is 2. The summed E-state index contributed by atoms with van der Waals surface area (Å²) in [7, 11) is 0. The minimum atomic E-state index is -0.106. The molecule has 0 saturated heterocycles. The number of hydrogen-bond acceptors (Lipinski definition) is 4. The van der Waals surface area contributed by atoms with Crippen molar-refractivity contribution < 1.29 is 0 Å². The molecule has 0 heterocycles. The van der Waals surface area contributed by atoms with E-state index in [1.807, 2.05) is 0 Å². The zero-order valence-corrected chi connectivity index (χ0v) is 73.3. The number of rotatable bonds is 20. The largest absolute Gasteiger partial charge is 0.311 e. The highest BCUT2D eigenvalue weighted by molar-refractivity contribution is 5.91. The number of hydrogen-bond donors (Lipinski definition) is 0. The molecule has 0 unspecified atom stereocenters. The summed E-state index contributed by atoms with van der Waals surface area (Å²) in [6.45, 7) is 9.42. The van der Waals surface area contributed by atoms with E-state index in [1.54, 1.807) is 0 Å². The van der Waals surface area contributed by atoms with Gasteiger partial charge in [-0.15, -0.1) is 0 Å². The Balaban J connectivity index is 0.000000158. The van der Waals surface area contributed by atoms with Crippen LogP contribution in [-0.4, -0.2) is 0 Å². The van der Waals surface area contributed by atoms with Gasteiger partial charge in [-0.1, -0.05) is 392 Å². The van der Waals surface area contributed by atoms with E-state index in [4.69, 9.17) is 0 Å². The van der Waals surface area contributed by atoms with E-state index < -0.39 is 0 Å². The van der Waals surface area contributed by atoms with Gasteiger partial charge in [-0.3, -0.25) is 0 Å². The molecule has 22 rings (SSSR count). The van der Waals surface area contributed by atoms with Crippen molar-refractivity contribution in [1.82, 2.24) is 0 Å². The van der Waals surface area contributed by atoms with Gasteiger partial charge in [-0.05, 0) is 279 Å². The van der Waals surface area contributed by atoms with E-state index in [-0.39, 0.29) is 10.8 Å². The van der Waals surface area contributed by atoms with Crippen LogP contribution in [0.2, 0.25) is 0 Å². The zero-order valence-electron chi connectivity index (χ0n) is 73.3. The van der Waals surface area contributed by atoms with Crippen LogP contribution in [0.1, 0.15) is 49.9 Å². The van der Waals surface area contributed by atoms with Crippen LogP contribution in [0.3, 0.4) is 0 Å². The third-order valence-corrected chi connectivity index (χ3v) is 26.2. The molecule has 4 heteroatoms. The maximum atomic E-state index is 2.41. The van der Waals surface area contributed by atoms with E-state index in [0.29, 0.717) is 0 Å². The number of benzene rings is 20. The lowest BCUT2D eigenvalue weighted by Gasteiger charge is -2.29. The van der Waals surface area contributed by atoms with Gasteiger partial charge < -0.3 is 19.6 Å². The number of nitrogens with zero attached hydrogens (tertiary/aromatic N) is 4. The van der Waals surface area contributed by atoms with Crippen LogP contribution in [0.5, 0.6) is 0 Å². The summed E-state index contributed by atoms with van der Waals surface area (Å²) in [5.74, 6) is 0. The summed E-state index contributed by atoms with van der Waals surface area (Å²) in [6.07, 6.45) is 0. The lowest BCUT2D eigenvalue weighted by molar-refractivity contribution is 0.660.